The first-order valence-corrected chi connectivity index (χ1v) is 6.59. The van der Waals surface area contributed by atoms with Crippen molar-refractivity contribution < 1.29 is 4.74 Å². The van der Waals surface area contributed by atoms with E-state index < -0.39 is 0 Å². The van der Waals surface area contributed by atoms with Gasteiger partial charge in [0.05, 0.1) is 41.3 Å². The Morgan fingerprint density at radius 1 is 1.65 bits per heavy atom. The molecule has 0 saturated carbocycles. The van der Waals surface area contributed by atoms with Crippen LogP contribution in [0.4, 0.5) is 0 Å². The van der Waals surface area contributed by atoms with E-state index in [0.717, 1.165) is 15.9 Å². The van der Waals surface area contributed by atoms with E-state index in [0.29, 0.717) is 13.2 Å². The van der Waals surface area contributed by atoms with Crippen molar-refractivity contribution in [1.82, 2.24) is 19.4 Å². The largest absolute Gasteiger partial charge is 0.383 e. The zero-order chi connectivity index (χ0) is 12.3. The summed E-state index contributed by atoms with van der Waals surface area (Å²) in [6.07, 6.45) is 1.73. The zero-order valence-corrected chi connectivity index (χ0v) is 11.6. The van der Waals surface area contributed by atoms with Crippen LogP contribution < -0.4 is 5.73 Å². The van der Waals surface area contributed by atoms with Gasteiger partial charge in [0.1, 0.15) is 0 Å². The Labute approximate surface area is 111 Å². The number of ether oxygens (including phenoxy) is 1. The van der Waals surface area contributed by atoms with E-state index in [9.17, 15) is 0 Å². The molecule has 0 saturated heterocycles. The van der Waals surface area contributed by atoms with Crippen molar-refractivity contribution in [3.05, 3.63) is 27.4 Å². The molecule has 0 fully saturated rings. The van der Waals surface area contributed by atoms with Gasteiger partial charge in [-0.2, -0.15) is 5.10 Å². The first-order chi connectivity index (χ1) is 8.24. The van der Waals surface area contributed by atoms with Crippen LogP contribution in [0.25, 0.3) is 0 Å². The SMILES string of the molecule is COCCn1ncc(Br)c1C(N)c1csnn1. The molecule has 0 aliphatic heterocycles. The quantitative estimate of drug-likeness (QED) is 0.896. The maximum Gasteiger partial charge on any atom is 0.0984 e. The summed E-state index contributed by atoms with van der Waals surface area (Å²) in [5, 5.41) is 10.1. The fourth-order valence-corrected chi connectivity index (χ4v) is 2.52. The van der Waals surface area contributed by atoms with Crippen LogP contribution in [-0.2, 0) is 11.3 Å². The molecule has 92 valence electrons. The van der Waals surface area contributed by atoms with Crippen LogP contribution in [0, 0.1) is 0 Å². The molecule has 0 aliphatic rings. The third kappa shape index (κ3) is 2.71. The second kappa shape index (κ2) is 5.67. The minimum absolute atomic E-state index is 0.331. The molecule has 0 aromatic carbocycles. The van der Waals surface area contributed by atoms with Crippen LogP contribution in [0.15, 0.2) is 16.0 Å². The number of nitrogens with two attached hydrogens (primary N) is 1. The molecule has 1 atom stereocenters. The Hall–Kier alpha value is -0.830. The Balaban J connectivity index is 2.27. The molecule has 0 amide bonds. The zero-order valence-electron chi connectivity index (χ0n) is 9.21. The van der Waals surface area contributed by atoms with Crippen LogP contribution in [-0.4, -0.2) is 33.1 Å². The fraction of sp³-hybridized carbons (Fsp3) is 0.444. The predicted molar refractivity (Wildman–Crippen MR) is 67.7 cm³/mol. The van der Waals surface area contributed by atoms with E-state index in [2.05, 4.69) is 30.6 Å². The topological polar surface area (TPSA) is 78.9 Å². The van der Waals surface area contributed by atoms with Gasteiger partial charge < -0.3 is 10.5 Å². The Morgan fingerprint density at radius 3 is 3.12 bits per heavy atom. The molecular formula is C9H12BrN5OS. The van der Waals surface area contributed by atoms with E-state index in [1.807, 2.05) is 10.1 Å². The molecule has 0 aliphatic carbocycles. The van der Waals surface area contributed by atoms with Gasteiger partial charge in [0.25, 0.3) is 0 Å². The van der Waals surface area contributed by atoms with E-state index in [4.69, 9.17) is 10.5 Å². The van der Waals surface area contributed by atoms with Gasteiger partial charge in [-0.15, -0.1) is 5.10 Å². The molecule has 6 nitrogen and oxygen atoms in total. The number of hydrogen-bond donors (Lipinski definition) is 1. The summed E-state index contributed by atoms with van der Waals surface area (Å²) < 4.78 is 11.5. The van der Waals surface area contributed by atoms with Crippen molar-refractivity contribution in [3.63, 3.8) is 0 Å². The monoisotopic (exact) mass is 317 g/mol. The van der Waals surface area contributed by atoms with Crippen molar-refractivity contribution in [2.24, 2.45) is 5.73 Å². The second-order valence-electron chi connectivity index (χ2n) is 3.40. The van der Waals surface area contributed by atoms with Gasteiger partial charge in [-0.3, -0.25) is 4.68 Å². The molecular weight excluding hydrogens is 306 g/mol. The maximum atomic E-state index is 6.15. The number of nitrogens with zero attached hydrogens (tertiary/aromatic N) is 4. The van der Waals surface area contributed by atoms with Gasteiger partial charge in [-0.05, 0) is 27.5 Å². The number of aromatic nitrogens is 4. The highest BCUT2D eigenvalue weighted by Crippen LogP contribution is 2.26. The molecule has 17 heavy (non-hydrogen) atoms. The van der Waals surface area contributed by atoms with E-state index in [1.54, 1.807) is 13.3 Å². The molecule has 2 heterocycles. The fourth-order valence-electron chi connectivity index (χ4n) is 1.48. The van der Waals surface area contributed by atoms with E-state index in [1.165, 1.54) is 11.5 Å². The summed E-state index contributed by atoms with van der Waals surface area (Å²) in [6.45, 7) is 1.24. The number of rotatable bonds is 5. The Kier molecular flexibility index (Phi) is 4.21. The Morgan fingerprint density at radius 2 is 2.47 bits per heavy atom. The molecule has 2 N–H and O–H groups in total. The lowest BCUT2D eigenvalue weighted by Crippen LogP contribution is -2.19. The van der Waals surface area contributed by atoms with Gasteiger partial charge in [-0.1, -0.05) is 4.49 Å². The summed E-state index contributed by atoms with van der Waals surface area (Å²) in [7, 11) is 1.66. The first-order valence-electron chi connectivity index (χ1n) is 4.96. The van der Waals surface area contributed by atoms with Crippen molar-refractivity contribution in [2.75, 3.05) is 13.7 Å². The molecule has 0 bridgehead atoms. The van der Waals surface area contributed by atoms with Crippen LogP contribution in [0.2, 0.25) is 0 Å². The minimum Gasteiger partial charge on any atom is -0.383 e. The predicted octanol–water partition coefficient (Wildman–Crippen LogP) is 1.19. The number of hydrogen-bond acceptors (Lipinski definition) is 6. The average Bonchev–Trinajstić information content (AvgIpc) is 2.95. The van der Waals surface area contributed by atoms with Gasteiger partial charge in [0, 0.05) is 12.5 Å². The molecule has 8 heteroatoms. The van der Waals surface area contributed by atoms with E-state index in [-0.39, 0.29) is 6.04 Å². The van der Waals surface area contributed by atoms with Crippen LogP contribution >= 0.6 is 27.5 Å². The van der Waals surface area contributed by atoms with Crippen LogP contribution in [0.5, 0.6) is 0 Å². The van der Waals surface area contributed by atoms with Crippen molar-refractivity contribution >= 4 is 27.5 Å². The van der Waals surface area contributed by atoms with Crippen LogP contribution in [0.1, 0.15) is 17.4 Å². The number of methoxy groups -OCH3 is 1. The molecule has 2 aromatic rings. The molecule has 1 unspecified atom stereocenters. The molecule has 0 spiro atoms. The van der Waals surface area contributed by atoms with Crippen molar-refractivity contribution in [3.8, 4) is 0 Å². The lowest BCUT2D eigenvalue weighted by Gasteiger charge is -2.12. The summed E-state index contributed by atoms with van der Waals surface area (Å²) >= 11 is 4.73. The highest BCUT2D eigenvalue weighted by Gasteiger charge is 2.20. The summed E-state index contributed by atoms with van der Waals surface area (Å²) in [4.78, 5) is 0. The van der Waals surface area contributed by atoms with Gasteiger partial charge in [0.15, 0.2) is 0 Å². The highest BCUT2D eigenvalue weighted by atomic mass is 79.9. The smallest absolute Gasteiger partial charge is 0.0984 e. The highest BCUT2D eigenvalue weighted by molar-refractivity contribution is 9.10. The Bertz CT molecular complexity index is 472. The second-order valence-corrected chi connectivity index (χ2v) is 4.87. The summed E-state index contributed by atoms with van der Waals surface area (Å²) in [5.41, 5.74) is 7.78. The molecule has 0 radical (unpaired) electrons. The van der Waals surface area contributed by atoms with Gasteiger partial charge in [-0.25, -0.2) is 0 Å². The average molecular weight is 318 g/mol. The lowest BCUT2D eigenvalue weighted by molar-refractivity contribution is 0.182. The number of halogens is 1. The standard InChI is InChI=1S/C9H12BrN5OS/c1-16-3-2-15-9(6(10)4-12-15)8(11)7-5-17-14-13-7/h4-5,8H,2-3,11H2,1H3. The van der Waals surface area contributed by atoms with Gasteiger partial charge in [0.2, 0.25) is 0 Å². The lowest BCUT2D eigenvalue weighted by atomic mass is 10.2. The molecule has 2 aromatic heterocycles. The first kappa shape index (κ1) is 12.6. The van der Waals surface area contributed by atoms with Crippen LogP contribution in [0.3, 0.4) is 0 Å². The van der Waals surface area contributed by atoms with Crippen molar-refractivity contribution in [1.29, 1.82) is 0 Å². The minimum atomic E-state index is -0.331. The third-order valence-corrected chi connectivity index (χ3v) is 3.46. The van der Waals surface area contributed by atoms with Gasteiger partial charge >= 0.3 is 0 Å². The normalized spacial score (nSPS) is 12.9. The molecule has 2 rings (SSSR count). The summed E-state index contributed by atoms with van der Waals surface area (Å²) in [5.74, 6) is 0. The summed E-state index contributed by atoms with van der Waals surface area (Å²) in [6, 6.07) is -0.331. The van der Waals surface area contributed by atoms with Crippen molar-refractivity contribution in [2.45, 2.75) is 12.6 Å². The van der Waals surface area contributed by atoms with E-state index >= 15 is 0 Å². The third-order valence-electron chi connectivity index (χ3n) is 2.33. The maximum absolute atomic E-state index is 6.15.